The Morgan fingerprint density at radius 2 is 2.07 bits per heavy atom. The fourth-order valence-corrected chi connectivity index (χ4v) is 2.51. The summed E-state index contributed by atoms with van der Waals surface area (Å²) < 4.78 is 0. The van der Waals surface area contributed by atoms with Crippen molar-refractivity contribution in [3.05, 3.63) is 0 Å². The summed E-state index contributed by atoms with van der Waals surface area (Å²) in [7, 11) is 0. The summed E-state index contributed by atoms with van der Waals surface area (Å²) in [5.41, 5.74) is 1.69. The summed E-state index contributed by atoms with van der Waals surface area (Å²) in [6, 6.07) is 1.59. The van der Waals surface area contributed by atoms with Gasteiger partial charge in [0.15, 0.2) is 0 Å². The van der Waals surface area contributed by atoms with Crippen molar-refractivity contribution in [2.24, 2.45) is 10.4 Å². The Bertz CT molecular complexity index is 237. The van der Waals surface area contributed by atoms with Crippen molar-refractivity contribution >= 4 is 5.71 Å². The first-order valence-electron chi connectivity index (χ1n) is 6.08. The van der Waals surface area contributed by atoms with E-state index in [0.29, 0.717) is 23.5 Å². The Morgan fingerprint density at radius 3 is 2.47 bits per heavy atom. The van der Waals surface area contributed by atoms with Gasteiger partial charge in [0.05, 0.1) is 0 Å². The topological polar surface area (TPSA) is 24.4 Å². The second kappa shape index (κ2) is 4.65. The minimum absolute atomic E-state index is 0.404. The lowest BCUT2D eigenvalue weighted by atomic mass is 9.88. The molecule has 1 aliphatic rings. The van der Waals surface area contributed by atoms with E-state index in [1.807, 2.05) is 0 Å². The quantitative estimate of drug-likeness (QED) is 0.761. The van der Waals surface area contributed by atoms with Gasteiger partial charge in [-0.2, -0.15) is 0 Å². The lowest BCUT2D eigenvalue weighted by Crippen LogP contribution is -2.41. The van der Waals surface area contributed by atoms with Gasteiger partial charge in [0.25, 0.3) is 0 Å². The first-order chi connectivity index (χ1) is 6.78. The molecular weight excluding hydrogens is 184 g/mol. The molecule has 2 heteroatoms. The maximum absolute atomic E-state index is 4.57. The van der Waals surface area contributed by atoms with Crippen LogP contribution in [0.1, 0.15) is 54.4 Å². The van der Waals surface area contributed by atoms with E-state index >= 15 is 0 Å². The normalized spacial score (nSPS) is 29.1. The molecule has 0 aliphatic carbocycles. The molecule has 1 rings (SSSR count). The van der Waals surface area contributed by atoms with E-state index in [2.05, 4.69) is 51.9 Å². The van der Waals surface area contributed by atoms with E-state index in [4.69, 9.17) is 0 Å². The molecule has 0 radical (unpaired) electrons. The Balaban J connectivity index is 2.40. The van der Waals surface area contributed by atoms with Crippen LogP contribution in [0.3, 0.4) is 0 Å². The van der Waals surface area contributed by atoms with Crippen LogP contribution in [0.25, 0.3) is 0 Å². The third-order valence-electron chi connectivity index (χ3n) is 2.91. The van der Waals surface area contributed by atoms with Crippen LogP contribution < -0.4 is 5.32 Å². The van der Waals surface area contributed by atoms with Gasteiger partial charge in [-0.15, -0.1) is 0 Å². The van der Waals surface area contributed by atoms with Gasteiger partial charge in [-0.25, -0.2) is 0 Å². The fraction of sp³-hybridized carbons (Fsp3) is 0.923. The van der Waals surface area contributed by atoms with E-state index in [1.54, 1.807) is 0 Å². The zero-order chi connectivity index (χ0) is 11.6. The highest BCUT2D eigenvalue weighted by Gasteiger charge is 2.25. The molecule has 0 aromatic carbocycles. The zero-order valence-electron chi connectivity index (χ0n) is 11.1. The highest BCUT2D eigenvalue weighted by atomic mass is 15.0. The Kier molecular flexibility index (Phi) is 3.93. The molecule has 0 spiro atoms. The van der Waals surface area contributed by atoms with Gasteiger partial charge < -0.3 is 5.32 Å². The van der Waals surface area contributed by atoms with Crippen molar-refractivity contribution in [2.45, 2.75) is 72.5 Å². The molecule has 0 aromatic heterocycles. The smallest absolute Gasteiger partial charge is 0.0490 e. The maximum atomic E-state index is 4.57. The van der Waals surface area contributed by atoms with Crippen molar-refractivity contribution in [1.82, 2.24) is 5.32 Å². The van der Waals surface area contributed by atoms with Crippen LogP contribution in [0.5, 0.6) is 0 Å². The molecule has 0 aromatic rings. The Labute approximate surface area is 94.6 Å². The maximum Gasteiger partial charge on any atom is 0.0490 e. The van der Waals surface area contributed by atoms with Crippen LogP contribution in [0, 0.1) is 5.41 Å². The molecule has 1 N–H and O–H groups in total. The standard InChI is InChI=1S/C13H26N2/c1-9-7-12(11(3)14-9)15-10(2)8-13(4,5)6/h9-10,12,15H,7-8H2,1-6H3. The third-order valence-corrected chi connectivity index (χ3v) is 2.91. The molecule has 0 saturated carbocycles. The van der Waals surface area contributed by atoms with E-state index in [0.717, 1.165) is 0 Å². The van der Waals surface area contributed by atoms with Crippen molar-refractivity contribution in [3.63, 3.8) is 0 Å². The number of hydrogen-bond acceptors (Lipinski definition) is 2. The predicted octanol–water partition coefficient (Wildman–Crippen LogP) is 3.02. The van der Waals surface area contributed by atoms with Crippen LogP contribution in [0.15, 0.2) is 4.99 Å². The molecule has 0 saturated heterocycles. The van der Waals surface area contributed by atoms with E-state index in [-0.39, 0.29) is 0 Å². The van der Waals surface area contributed by atoms with Crippen LogP contribution in [0.2, 0.25) is 0 Å². The Morgan fingerprint density at radius 1 is 1.47 bits per heavy atom. The highest BCUT2D eigenvalue weighted by Crippen LogP contribution is 2.22. The molecule has 88 valence electrons. The second-order valence-corrected chi connectivity index (χ2v) is 6.24. The SMILES string of the molecule is CC1=NC(C)CC1NC(C)CC(C)(C)C. The summed E-state index contributed by atoms with van der Waals surface area (Å²) in [6.45, 7) is 13.5. The predicted molar refractivity (Wildman–Crippen MR) is 67.6 cm³/mol. The minimum Gasteiger partial charge on any atom is -0.306 e. The second-order valence-electron chi connectivity index (χ2n) is 6.24. The van der Waals surface area contributed by atoms with Crippen molar-refractivity contribution < 1.29 is 0 Å². The van der Waals surface area contributed by atoms with Crippen LogP contribution >= 0.6 is 0 Å². The van der Waals surface area contributed by atoms with E-state index in [1.165, 1.54) is 18.6 Å². The van der Waals surface area contributed by atoms with Gasteiger partial charge in [-0.05, 0) is 39.0 Å². The number of nitrogens with zero attached hydrogens (tertiary/aromatic N) is 1. The fourth-order valence-electron chi connectivity index (χ4n) is 2.51. The first-order valence-corrected chi connectivity index (χ1v) is 6.08. The molecule has 1 aliphatic heterocycles. The average molecular weight is 210 g/mol. The Hall–Kier alpha value is -0.370. The van der Waals surface area contributed by atoms with Gasteiger partial charge in [-0.3, -0.25) is 4.99 Å². The number of rotatable bonds is 3. The largest absolute Gasteiger partial charge is 0.306 e. The third kappa shape index (κ3) is 4.33. The van der Waals surface area contributed by atoms with Gasteiger partial charge in [-0.1, -0.05) is 20.8 Å². The molecule has 3 atom stereocenters. The molecule has 1 heterocycles. The van der Waals surface area contributed by atoms with Gasteiger partial charge in [0, 0.05) is 23.8 Å². The van der Waals surface area contributed by atoms with E-state index < -0.39 is 0 Å². The molecule has 3 unspecified atom stereocenters. The van der Waals surface area contributed by atoms with Crippen molar-refractivity contribution in [1.29, 1.82) is 0 Å². The number of aliphatic imine (C=N–C) groups is 1. The molecule has 2 nitrogen and oxygen atoms in total. The number of nitrogens with one attached hydrogen (secondary N) is 1. The molecule has 15 heavy (non-hydrogen) atoms. The average Bonchev–Trinajstić information content (AvgIpc) is 2.25. The van der Waals surface area contributed by atoms with Gasteiger partial charge in [0.2, 0.25) is 0 Å². The van der Waals surface area contributed by atoms with Crippen molar-refractivity contribution in [3.8, 4) is 0 Å². The monoisotopic (exact) mass is 210 g/mol. The summed E-state index contributed by atoms with van der Waals surface area (Å²) in [6.07, 6.45) is 2.38. The summed E-state index contributed by atoms with van der Waals surface area (Å²) >= 11 is 0. The van der Waals surface area contributed by atoms with Gasteiger partial charge in [0.1, 0.15) is 0 Å². The number of hydrogen-bond donors (Lipinski definition) is 1. The first kappa shape index (κ1) is 12.7. The summed E-state index contributed by atoms with van der Waals surface area (Å²) in [4.78, 5) is 4.57. The zero-order valence-corrected chi connectivity index (χ0v) is 11.1. The van der Waals surface area contributed by atoms with Crippen LogP contribution in [-0.4, -0.2) is 23.8 Å². The lowest BCUT2D eigenvalue weighted by Gasteiger charge is -2.26. The summed E-state index contributed by atoms with van der Waals surface area (Å²) in [5, 5.41) is 3.68. The summed E-state index contributed by atoms with van der Waals surface area (Å²) in [5.74, 6) is 0. The molecular formula is C13H26N2. The van der Waals surface area contributed by atoms with Crippen LogP contribution in [0.4, 0.5) is 0 Å². The molecule has 0 amide bonds. The molecule has 0 fully saturated rings. The minimum atomic E-state index is 0.404. The van der Waals surface area contributed by atoms with Gasteiger partial charge >= 0.3 is 0 Å². The lowest BCUT2D eigenvalue weighted by molar-refractivity contribution is 0.312. The van der Waals surface area contributed by atoms with Crippen molar-refractivity contribution in [2.75, 3.05) is 0 Å². The van der Waals surface area contributed by atoms with Crippen LogP contribution in [-0.2, 0) is 0 Å². The van der Waals surface area contributed by atoms with E-state index in [9.17, 15) is 0 Å². The highest BCUT2D eigenvalue weighted by molar-refractivity contribution is 5.89. The molecule has 0 bridgehead atoms.